The molecule has 6 heteroatoms. The van der Waals surface area contributed by atoms with E-state index in [4.69, 9.17) is 0 Å². The lowest BCUT2D eigenvalue weighted by atomic mass is 10.1. The van der Waals surface area contributed by atoms with Crippen LogP contribution in [0, 0.1) is 0 Å². The van der Waals surface area contributed by atoms with E-state index in [1.54, 1.807) is 43.3 Å². The van der Waals surface area contributed by atoms with Gasteiger partial charge in [-0.1, -0.05) is 24.3 Å². The Labute approximate surface area is 153 Å². The Morgan fingerprint density at radius 3 is 2.04 bits per heavy atom. The number of carbonyl (C=O) groups excluding carboxylic acids is 3. The number of benzene rings is 2. The average molecular weight is 353 g/mol. The fraction of sp³-hybridized carbons (Fsp3) is 0.250. The molecule has 2 aromatic carbocycles. The van der Waals surface area contributed by atoms with Crippen LogP contribution in [0.1, 0.15) is 28.4 Å². The van der Waals surface area contributed by atoms with Crippen molar-refractivity contribution in [3.8, 4) is 0 Å². The van der Waals surface area contributed by atoms with Crippen molar-refractivity contribution >= 4 is 23.4 Å². The summed E-state index contributed by atoms with van der Waals surface area (Å²) in [5.41, 5.74) is 3.13. The number of likely N-dealkylation sites (N-methyl/N-ethyl adjacent to an activating group) is 1. The Morgan fingerprint density at radius 2 is 1.50 bits per heavy atom. The van der Waals surface area contributed by atoms with Crippen molar-refractivity contribution in [2.75, 3.05) is 19.4 Å². The zero-order valence-electron chi connectivity index (χ0n) is 15.2. The molecule has 0 aromatic heterocycles. The summed E-state index contributed by atoms with van der Waals surface area (Å²) in [5.74, 6) is -0.271. The molecule has 0 saturated carbocycles. The van der Waals surface area contributed by atoms with Gasteiger partial charge in [0.15, 0.2) is 0 Å². The Kier molecular flexibility index (Phi) is 6.49. The van der Waals surface area contributed by atoms with Crippen LogP contribution in [0.3, 0.4) is 0 Å². The van der Waals surface area contributed by atoms with Gasteiger partial charge in [0, 0.05) is 38.8 Å². The van der Waals surface area contributed by atoms with Gasteiger partial charge in [-0.15, -0.1) is 0 Å². The molecule has 0 unspecified atom stereocenters. The van der Waals surface area contributed by atoms with Crippen LogP contribution in [0.15, 0.2) is 48.5 Å². The van der Waals surface area contributed by atoms with Gasteiger partial charge in [-0.25, -0.2) is 0 Å². The standard InChI is InChI=1S/C20H23N3O3/c1-14(24)22-18-10-6-15(7-11-18)12-19(25)23(3)13-16-4-8-17(9-5-16)20(26)21-2/h4-11H,12-13H2,1-3H3,(H,21,26)(H,22,24). The quantitative estimate of drug-likeness (QED) is 0.836. The van der Waals surface area contributed by atoms with Gasteiger partial charge in [0.05, 0.1) is 6.42 Å². The second-order valence-electron chi connectivity index (χ2n) is 6.08. The fourth-order valence-electron chi connectivity index (χ4n) is 2.49. The Morgan fingerprint density at radius 1 is 0.923 bits per heavy atom. The predicted octanol–water partition coefficient (Wildman–Crippen LogP) is 2.21. The minimum atomic E-state index is -0.135. The van der Waals surface area contributed by atoms with Crippen molar-refractivity contribution in [2.45, 2.75) is 19.9 Å². The number of rotatable bonds is 6. The third-order valence-electron chi connectivity index (χ3n) is 3.92. The van der Waals surface area contributed by atoms with E-state index in [2.05, 4.69) is 10.6 Å². The SMILES string of the molecule is CNC(=O)c1ccc(CN(C)C(=O)Cc2ccc(NC(C)=O)cc2)cc1. The zero-order valence-corrected chi connectivity index (χ0v) is 15.2. The lowest BCUT2D eigenvalue weighted by Crippen LogP contribution is -2.27. The van der Waals surface area contributed by atoms with Gasteiger partial charge < -0.3 is 15.5 Å². The number of hydrogen-bond acceptors (Lipinski definition) is 3. The third-order valence-corrected chi connectivity index (χ3v) is 3.92. The van der Waals surface area contributed by atoms with Crippen molar-refractivity contribution in [2.24, 2.45) is 0 Å². The molecule has 0 spiro atoms. The highest BCUT2D eigenvalue weighted by atomic mass is 16.2. The molecule has 0 bridgehead atoms. The molecular formula is C20H23N3O3. The number of nitrogens with zero attached hydrogens (tertiary/aromatic N) is 1. The lowest BCUT2D eigenvalue weighted by molar-refractivity contribution is -0.129. The smallest absolute Gasteiger partial charge is 0.251 e. The average Bonchev–Trinajstić information content (AvgIpc) is 2.62. The lowest BCUT2D eigenvalue weighted by Gasteiger charge is -2.17. The molecule has 0 fully saturated rings. The first-order valence-corrected chi connectivity index (χ1v) is 8.30. The molecule has 0 heterocycles. The first-order chi connectivity index (χ1) is 12.4. The van der Waals surface area contributed by atoms with Gasteiger partial charge in [0.25, 0.3) is 5.91 Å². The monoisotopic (exact) mass is 353 g/mol. The molecule has 26 heavy (non-hydrogen) atoms. The highest BCUT2D eigenvalue weighted by molar-refractivity contribution is 5.94. The molecule has 2 rings (SSSR count). The third kappa shape index (κ3) is 5.44. The van der Waals surface area contributed by atoms with Crippen LogP contribution in [-0.4, -0.2) is 36.7 Å². The summed E-state index contributed by atoms with van der Waals surface area (Å²) in [6, 6.07) is 14.4. The number of carbonyl (C=O) groups is 3. The molecule has 2 N–H and O–H groups in total. The number of anilines is 1. The van der Waals surface area contributed by atoms with Crippen LogP contribution in [0.4, 0.5) is 5.69 Å². The second-order valence-corrected chi connectivity index (χ2v) is 6.08. The van der Waals surface area contributed by atoms with Crippen LogP contribution in [0.2, 0.25) is 0 Å². The summed E-state index contributed by atoms with van der Waals surface area (Å²) in [4.78, 5) is 36.6. The van der Waals surface area contributed by atoms with Crippen molar-refractivity contribution in [3.63, 3.8) is 0 Å². The summed E-state index contributed by atoms with van der Waals surface area (Å²) < 4.78 is 0. The number of hydrogen-bond donors (Lipinski definition) is 2. The Bertz CT molecular complexity index is 783. The summed E-state index contributed by atoms with van der Waals surface area (Å²) in [6.07, 6.45) is 0.285. The van der Waals surface area contributed by atoms with Gasteiger partial charge in [0.2, 0.25) is 11.8 Å². The van der Waals surface area contributed by atoms with Gasteiger partial charge in [-0.3, -0.25) is 14.4 Å². The largest absolute Gasteiger partial charge is 0.355 e. The van der Waals surface area contributed by atoms with Gasteiger partial charge in [-0.2, -0.15) is 0 Å². The Balaban J connectivity index is 1.92. The molecule has 0 aliphatic heterocycles. The van der Waals surface area contributed by atoms with E-state index in [1.807, 2.05) is 24.3 Å². The number of nitrogens with one attached hydrogen (secondary N) is 2. The number of amides is 3. The minimum absolute atomic E-state index is 0.00680. The van der Waals surface area contributed by atoms with E-state index < -0.39 is 0 Å². The maximum absolute atomic E-state index is 12.4. The molecule has 0 aliphatic carbocycles. The molecular weight excluding hydrogens is 330 g/mol. The predicted molar refractivity (Wildman–Crippen MR) is 101 cm³/mol. The van der Waals surface area contributed by atoms with Gasteiger partial charge in [0.1, 0.15) is 0 Å². The topological polar surface area (TPSA) is 78.5 Å². The molecule has 2 aromatic rings. The normalized spacial score (nSPS) is 10.1. The molecule has 0 atom stereocenters. The van der Waals surface area contributed by atoms with Crippen LogP contribution in [0.5, 0.6) is 0 Å². The van der Waals surface area contributed by atoms with Crippen LogP contribution < -0.4 is 10.6 Å². The Hall–Kier alpha value is -3.15. The maximum Gasteiger partial charge on any atom is 0.251 e. The van der Waals surface area contributed by atoms with E-state index in [9.17, 15) is 14.4 Å². The van der Waals surface area contributed by atoms with E-state index in [0.717, 1.165) is 11.1 Å². The van der Waals surface area contributed by atoms with Crippen molar-refractivity contribution in [1.29, 1.82) is 0 Å². The first-order valence-electron chi connectivity index (χ1n) is 8.30. The van der Waals surface area contributed by atoms with Crippen LogP contribution in [-0.2, 0) is 22.6 Å². The second kappa shape index (κ2) is 8.80. The molecule has 0 aliphatic rings. The van der Waals surface area contributed by atoms with E-state index in [0.29, 0.717) is 17.8 Å². The highest BCUT2D eigenvalue weighted by Gasteiger charge is 2.11. The fourth-order valence-corrected chi connectivity index (χ4v) is 2.49. The molecule has 6 nitrogen and oxygen atoms in total. The van der Waals surface area contributed by atoms with Gasteiger partial charge >= 0.3 is 0 Å². The van der Waals surface area contributed by atoms with Gasteiger partial charge in [-0.05, 0) is 35.4 Å². The highest BCUT2D eigenvalue weighted by Crippen LogP contribution is 2.12. The van der Waals surface area contributed by atoms with E-state index in [-0.39, 0.29) is 24.1 Å². The van der Waals surface area contributed by atoms with Crippen molar-refractivity contribution < 1.29 is 14.4 Å². The maximum atomic E-state index is 12.4. The first kappa shape index (κ1) is 19.2. The summed E-state index contributed by atoms with van der Waals surface area (Å²) >= 11 is 0. The van der Waals surface area contributed by atoms with Crippen LogP contribution >= 0.6 is 0 Å². The molecule has 0 radical (unpaired) electrons. The molecule has 3 amide bonds. The summed E-state index contributed by atoms with van der Waals surface area (Å²) in [6.45, 7) is 1.92. The summed E-state index contributed by atoms with van der Waals surface area (Å²) in [7, 11) is 3.34. The minimum Gasteiger partial charge on any atom is -0.355 e. The van der Waals surface area contributed by atoms with Crippen molar-refractivity contribution in [3.05, 3.63) is 65.2 Å². The molecule has 136 valence electrons. The molecule has 0 saturated heterocycles. The van der Waals surface area contributed by atoms with Crippen LogP contribution in [0.25, 0.3) is 0 Å². The summed E-state index contributed by atoms with van der Waals surface area (Å²) in [5, 5.41) is 5.27. The van der Waals surface area contributed by atoms with E-state index >= 15 is 0 Å². The van der Waals surface area contributed by atoms with Crippen molar-refractivity contribution in [1.82, 2.24) is 10.2 Å². The van der Waals surface area contributed by atoms with E-state index in [1.165, 1.54) is 6.92 Å². The zero-order chi connectivity index (χ0) is 19.1.